The predicted molar refractivity (Wildman–Crippen MR) is 60.1 cm³/mol. The Labute approximate surface area is 90.9 Å². The normalized spacial score (nSPS) is 13.1. The molecular weight excluding hydrogens is 191 g/mol. The van der Waals surface area contributed by atoms with Gasteiger partial charge in [0.25, 0.3) is 0 Å². The first-order valence-corrected chi connectivity index (χ1v) is 5.53. The minimum atomic E-state index is -0.273. The molecule has 0 bridgehead atoms. The predicted octanol–water partition coefficient (Wildman–Crippen LogP) is 3.06. The van der Waals surface area contributed by atoms with Gasteiger partial charge in [-0.05, 0) is 31.4 Å². The van der Waals surface area contributed by atoms with Crippen LogP contribution in [0.3, 0.4) is 0 Å². The molecule has 84 valence electrons. The third-order valence-electron chi connectivity index (χ3n) is 2.70. The van der Waals surface area contributed by atoms with Crippen molar-refractivity contribution in [1.29, 1.82) is 0 Å². The van der Waals surface area contributed by atoms with Gasteiger partial charge in [-0.2, -0.15) is 0 Å². The second-order valence-corrected chi connectivity index (χ2v) is 3.84. The lowest BCUT2D eigenvalue weighted by Gasteiger charge is -2.21. The number of hydrogen-bond acceptors (Lipinski definition) is 2. The maximum absolute atomic E-state index is 12.9. The van der Waals surface area contributed by atoms with Gasteiger partial charge in [0.05, 0.1) is 6.20 Å². The van der Waals surface area contributed by atoms with E-state index in [1.807, 2.05) is 6.92 Å². The molecule has 0 radical (unpaired) electrons. The van der Waals surface area contributed by atoms with Crippen molar-refractivity contribution in [3.63, 3.8) is 0 Å². The summed E-state index contributed by atoms with van der Waals surface area (Å²) in [7, 11) is 0. The van der Waals surface area contributed by atoms with Crippen molar-refractivity contribution in [1.82, 2.24) is 10.3 Å². The lowest BCUT2D eigenvalue weighted by molar-refractivity contribution is 0.430. The van der Waals surface area contributed by atoms with Crippen LogP contribution in [0, 0.1) is 5.82 Å². The molecule has 0 saturated heterocycles. The van der Waals surface area contributed by atoms with Gasteiger partial charge in [0, 0.05) is 18.3 Å². The molecule has 0 aliphatic heterocycles. The second-order valence-electron chi connectivity index (χ2n) is 3.84. The SMILES string of the molecule is CCC(CC)NC(C)c1cncc(F)c1. The minimum absolute atomic E-state index is 0.151. The Balaban J connectivity index is 2.64. The Hall–Kier alpha value is -0.960. The van der Waals surface area contributed by atoms with Crippen LogP contribution in [0.25, 0.3) is 0 Å². The summed E-state index contributed by atoms with van der Waals surface area (Å²) in [6.45, 7) is 6.34. The highest BCUT2D eigenvalue weighted by Crippen LogP contribution is 2.14. The highest BCUT2D eigenvalue weighted by molar-refractivity contribution is 5.14. The maximum atomic E-state index is 12.9. The van der Waals surface area contributed by atoms with Gasteiger partial charge in [-0.15, -0.1) is 0 Å². The Morgan fingerprint density at radius 1 is 1.33 bits per heavy atom. The molecule has 1 heterocycles. The zero-order valence-corrected chi connectivity index (χ0v) is 9.63. The van der Waals surface area contributed by atoms with Crippen LogP contribution in [0.5, 0.6) is 0 Å². The van der Waals surface area contributed by atoms with Crippen molar-refractivity contribution in [2.45, 2.75) is 45.7 Å². The molecule has 2 nitrogen and oxygen atoms in total. The first-order valence-electron chi connectivity index (χ1n) is 5.53. The molecule has 1 aromatic rings. The van der Waals surface area contributed by atoms with Crippen LogP contribution in [0.15, 0.2) is 18.5 Å². The van der Waals surface area contributed by atoms with E-state index in [1.165, 1.54) is 12.3 Å². The van der Waals surface area contributed by atoms with Crippen molar-refractivity contribution in [2.75, 3.05) is 0 Å². The molecule has 0 amide bonds. The van der Waals surface area contributed by atoms with Crippen LogP contribution in [0.4, 0.5) is 4.39 Å². The van der Waals surface area contributed by atoms with E-state index in [-0.39, 0.29) is 11.9 Å². The van der Waals surface area contributed by atoms with Crippen LogP contribution >= 0.6 is 0 Å². The van der Waals surface area contributed by atoms with Crippen molar-refractivity contribution in [3.8, 4) is 0 Å². The van der Waals surface area contributed by atoms with Gasteiger partial charge in [0.2, 0.25) is 0 Å². The fraction of sp³-hybridized carbons (Fsp3) is 0.583. The van der Waals surface area contributed by atoms with Gasteiger partial charge in [-0.25, -0.2) is 4.39 Å². The van der Waals surface area contributed by atoms with Crippen molar-refractivity contribution in [3.05, 3.63) is 29.8 Å². The fourth-order valence-electron chi connectivity index (χ4n) is 1.64. The standard InChI is InChI=1S/C12H19FN2/c1-4-12(5-2)15-9(3)10-6-11(13)8-14-7-10/h6-9,12,15H,4-5H2,1-3H3. The van der Waals surface area contributed by atoms with E-state index in [4.69, 9.17) is 0 Å². The Bertz CT molecular complexity index is 297. The van der Waals surface area contributed by atoms with Crippen molar-refractivity contribution in [2.24, 2.45) is 0 Å². The van der Waals surface area contributed by atoms with E-state index >= 15 is 0 Å². The third-order valence-corrected chi connectivity index (χ3v) is 2.70. The first kappa shape index (κ1) is 12.1. The topological polar surface area (TPSA) is 24.9 Å². The van der Waals surface area contributed by atoms with Gasteiger partial charge < -0.3 is 5.32 Å². The van der Waals surface area contributed by atoms with E-state index in [2.05, 4.69) is 24.1 Å². The number of halogens is 1. The number of nitrogens with one attached hydrogen (secondary N) is 1. The molecule has 0 saturated carbocycles. The zero-order valence-electron chi connectivity index (χ0n) is 9.63. The first-order chi connectivity index (χ1) is 7.17. The minimum Gasteiger partial charge on any atom is -0.307 e. The van der Waals surface area contributed by atoms with Gasteiger partial charge in [0.15, 0.2) is 0 Å². The lowest BCUT2D eigenvalue weighted by Crippen LogP contribution is -2.30. The van der Waals surface area contributed by atoms with Gasteiger partial charge >= 0.3 is 0 Å². The lowest BCUT2D eigenvalue weighted by atomic mass is 10.1. The largest absolute Gasteiger partial charge is 0.307 e. The molecule has 0 aliphatic carbocycles. The Kier molecular flexibility index (Phi) is 4.69. The van der Waals surface area contributed by atoms with Crippen LogP contribution in [-0.2, 0) is 0 Å². The highest BCUT2D eigenvalue weighted by atomic mass is 19.1. The molecule has 1 N–H and O–H groups in total. The molecule has 0 aliphatic rings. The zero-order chi connectivity index (χ0) is 11.3. The van der Waals surface area contributed by atoms with E-state index in [0.29, 0.717) is 6.04 Å². The number of aromatic nitrogens is 1. The summed E-state index contributed by atoms with van der Waals surface area (Å²) in [5.41, 5.74) is 0.905. The monoisotopic (exact) mass is 210 g/mol. The summed E-state index contributed by atoms with van der Waals surface area (Å²) in [6, 6.07) is 2.17. The van der Waals surface area contributed by atoms with Gasteiger partial charge in [-0.1, -0.05) is 13.8 Å². The van der Waals surface area contributed by atoms with E-state index < -0.39 is 0 Å². The summed E-state index contributed by atoms with van der Waals surface area (Å²) < 4.78 is 12.9. The van der Waals surface area contributed by atoms with Crippen molar-refractivity contribution < 1.29 is 4.39 Å². The second kappa shape index (κ2) is 5.81. The van der Waals surface area contributed by atoms with Crippen LogP contribution < -0.4 is 5.32 Å². The summed E-state index contributed by atoms with van der Waals surface area (Å²) in [5.74, 6) is -0.273. The summed E-state index contributed by atoms with van der Waals surface area (Å²) in [5, 5.41) is 3.45. The third kappa shape index (κ3) is 3.59. The molecule has 0 aromatic carbocycles. The summed E-state index contributed by atoms with van der Waals surface area (Å²) in [6.07, 6.45) is 5.11. The molecule has 1 rings (SSSR count). The Morgan fingerprint density at radius 2 is 2.00 bits per heavy atom. The summed E-state index contributed by atoms with van der Waals surface area (Å²) in [4.78, 5) is 3.85. The number of rotatable bonds is 5. The number of nitrogens with zero attached hydrogens (tertiary/aromatic N) is 1. The molecule has 1 aromatic heterocycles. The van der Waals surface area contributed by atoms with Crippen LogP contribution in [-0.4, -0.2) is 11.0 Å². The van der Waals surface area contributed by atoms with E-state index in [0.717, 1.165) is 18.4 Å². The molecule has 3 heteroatoms. The number of hydrogen-bond donors (Lipinski definition) is 1. The fourth-order valence-corrected chi connectivity index (χ4v) is 1.64. The van der Waals surface area contributed by atoms with Crippen LogP contribution in [0.2, 0.25) is 0 Å². The molecule has 1 unspecified atom stereocenters. The molecule has 1 atom stereocenters. The number of pyridine rings is 1. The smallest absolute Gasteiger partial charge is 0.141 e. The quantitative estimate of drug-likeness (QED) is 0.808. The van der Waals surface area contributed by atoms with Gasteiger partial charge in [-0.3, -0.25) is 4.98 Å². The molecule has 0 spiro atoms. The summed E-state index contributed by atoms with van der Waals surface area (Å²) >= 11 is 0. The average Bonchev–Trinajstić information content (AvgIpc) is 2.25. The molecule has 15 heavy (non-hydrogen) atoms. The van der Waals surface area contributed by atoms with Gasteiger partial charge in [0.1, 0.15) is 5.82 Å². The maximum Gasteiger partial charge on any atom is 0.141 e. The average molecular weight is 210 g/mol. The highest BCUT2D eigenvalue weighted by Gasteiger charge is 2.10. The van der Waals surface area contributed by atoms with E-state index in [1.54, 1.807) is 6.20 Å². The van der Waals surface area contributed by atoms with Crippen LogP contribution in [0.1, 0.15) is 45.2 Å². The molecular formula is C12H19FN2. The molecule has 0 fully saturated rings. The van der Waals surface area contributed by atoms with Crippen molar-refractivity contribution >= 4 is 0 Å². The Morgan fingerprint density at radius 3 is 2.53 bits per heavy atom. The van der Waals surface area contributed by atoms with E-state index in [9.17, 15) is 4.39 Å².